The second-order valence-corrected chi connectivity index (χ2v) is 7.70. The summed E-state index contributed by atoms with van der Waals surface area (Å²) in [4.78, 5) is -0.357. The van der Waals surface area contributed by atoms with Crippen molar-refractivity contribution in [1.82, 2.24) is 0 Å². The molecule has 2 aromatic rings. The molecule has 2 rings (SSSR count). The molecule has 27 heavy (non-hydrogen) atoms. The SMILES string of the molecule is CCCCCCCCc1c([O-])cc(Oc2ccccc2)cc1S(=O)(=O)O.[K+]. The monoisotopic (exact) mass is 416 g/mol. The van der Waals surface area contributed by atoms with Crippen molar-refractivity contribution in [2.45, 2.75) is 56.8 Å². The third-order valence-corrected chi connectivity index (χ3v) is 5.10. The minimum absolute atomic E-state index is 0. The molecule has 0 aliphatic rings. The molecule has 7 heteroatoms. The zero-order chi connectivity index (χ0) is 19.0. The maximum atomic E-state index is 12.4. The quantitative estimate of drug-likeness (QED) is 0.362. The van der Waals surface area contributed by atoms with Crippen LogP contribution in [0.2, 0.25) is 0 Å². The van der Waals surface area contributed by atoms with Crippen LogP contribution in [-0.2, 0) is 16.5 Å². The van der Waals surface area contributed by atoms with E-state index >= 15 is 0 Å². The first-order valence-electron chi connectivity index (χ1n) is 8.96. The Kier molecular flexibility index (Phi) is 11.1. The Morgan fingerprint density at radius 2 is 1.59 bits per heavy atom. The summed E-state index contributed by atoms with van der Waals surface area (Å²) >= 11 is 0. The molecular formula is C20H25KO5S. The maximum absolute atomic E-state index is 12.4. The first kappa shape index (κ1) is 24.6. The predicted octanol–water partition coefficient (Wildman–Crippen LogP) is 1.71. The van der Waals surface area contributed by atoms with Gasteiger partial charge in [0.25, 0.3) is 10.1 Å². The predicted molar refractivity (Wildman–Crippen MR) is 99.3 cm³/mol. The molecule has 0 unspecified atom stereocenters. The standard InChI is InChI=1S/C20H26O5S.K/c1-2-3-4-5-6-10-13-18-19(21)14-17(15-20(18)26(22,23)24)25-16-11-8-7-9-12-16;/h7-9,11-12,14-15,21H,2-6,10,13H2,1H3,(H,22,23,24);/q;+1/p-1. The number of hydrogen-bond donors (Lipinski definition) is 1. The summed E-state index contributed by atoms with van der Waals surface area (Å²) in [5.74, 6) is 0.150. The van der Waals surface area contributed by atoms with E-state index in [-0.39, 0.29) is 67.6 Å². The molecule has 1 N–H and O–H groups in total. The van der Waals surface area contributed by atoms with Crippen molar-refractivity contribution in [2.75, 3.05) is 0 Å². The van der Waals surface area contributed by atoms with Gasteiger partial charge < -0.3 is 9.84 Å². The van der Waals surface area contributed by atoms with Gasteiger partial charge >= 0.3 is 51.4 Å². The van der Waals surface area contributed by atoms with E-state index in [0.29, 0.717) is 18.6 Å². The van der Waals surface area contributed by atoms with Crippen molar-refractivity contribution < 1.29 is 74.2 Å². The van der Waals surface area contributed by atoms with Gasteiger partial charge in [-0.3, -0.25) is 4.55 Å². The largest absolute Gasteiger partial charge is 1.00 e. The molecule has 142 valence electrons. The van der Waals surface area contributed by atoms with E-state index in [1.807, 2.05) is 6.07 Å². The van der Waals surface area contributed by atoms with Crippen molar-refractivity contribution in [3.8, 4) is 17.2 Å². The number of benzene rings is 2. The summed E-state index contributed by atoms with van der Waals surface area (Å²) in [5, 5.41) is 12.4. The number of hydrogen-bond acceptors (Lipinski definition) is 4. The van der Waals surface area contributed by atoms with E-state index in [2.05, 4.69) is 6.92 Å². The van der Waals surface area contributed by atoms with Crippen LogP contribution in [0, 0.1) is 0 Å². The average molecular weight is 417 g/mol. The minimum atomic E-state index is -4.50. The van der Waals surface area contributed by atoms with E-state index in [1.54, 1.807) is 24.3 Å². The van der Waals surface area contributed by atoms with Gasteiger partial charge in [-0.05, 0) is 36.6 Å². The molecule has 0 bridgehead atoms. The zero-order valence-electron chi connectivity index (χ0n) is 16.0. The molecule has 0 amide bonds. The van der Waals surface area contributed by atoms with Crippen LogP contribution in [0.4, 0.5) is 0 Å². The third-order valence-electron chi connectivity index (χ3n) is 4.18. The Morgan fingerprint density at radius 1 is 0.963 bits per heavy atom. The van der Waals surface area contributed by atoms with Gasteiger partial charge in [0.05, 0.1) is 0 Å². The summed E-state index contributed by atoms with van der Waals surface area (Å²) in [6, 6.07) is 11.2. The Balaban J connectivity index is 0.00000364. The second-order valence-electron chi connectivity index (χ2n) is 6.31. The van der Waals surface area contributed by atoms with Crippen LogP contribution in [0.25, 0.3) is 0 Å². The van der Waals surface area contributed by atoms with Crippen LogP contribution in [0.15, 0.2) is 47.4 Å². The average Bonchev–Trinajstić information content (AvgIpc) is 2.59. The molecule has 0 aromatic heterocycles. The molecule has 5 nitrogen and oxygen atoms in total. The smallest absolute Gasteiger partial charge is 0.872 e. The molecule has 0 heterocycles. The number of ether oxygens (including phenoxy) is 1. The van der Waals surface area contributed by atoms with Crippen molar-refractivity contribution in [3.63, 3.8) is 0 Å². The van der Waals surface area contributed by atoms with Gasteiger partial charge in [-0.25, -0.2) is 0 Å². The zero-order valence-corrected chi connectivity index (χ0v) is 19.9. The van der Waals surface area contributed by atoms with Crippen LogP contribution < -0.4 is 61.2 Å². The summed E-state index contributed by atoms with van der Waals surface area (Å²) in [7, 11) is -4.50. The molecule has 0 spiro atoms. The molecule has 0 fully saturated rings. The Bertz CT molecular complexity index is 807. The van der Waals surface area contributed by atoms with E-state index < -0.39 is 15.9 Å². The minimum Gasteiger partial charge on any atom is -0.872 e. The normalized spacial score (nSPS) is 11.0. The summed E-state index contributed by atoms with van der Waals surface area (Å²) in [5.41, 5.74) is 0.128. The first-order chi connectivity index (χ1) is 12.4. The van der Waals surface area contributed by atoms with Crippen LogP contribution >= 0.6 is 0 Å². The molecule has 0 aliphatic heterocycles. The molecular weight excluding hydrogens is 391 g/mol. The maximum Gasteiger partial charge on any atom is 1.00 e. The molecule has 0 saturated heterocycles. The summed E-state index contributed by atoms with van der Waals surface area (Å²) in [6.07, 6.45) is 6.47. The van der Waals surface area contributed by atoms with Gasteiger partial charge in [0.1, 0.15) is 16.4 Å². The van der Waals surface area contributed by atoms with Crippen LogP contribution in [0.3, 0.4) is 0 Å². The fourth-order valence-electron chi connectivity index (χ4n) is 2.84. The van der Waals surface area contributed by atoms with E-state index in [0.717, 1.165) is 25.7 Å². The van der Waals surface area contributed by atoms with E-state index in [9.17, 15) is 18.1 Å². The fraction of sp³-hybridized carbons (Fsp3) is 0.400. The van der Waals surface area contributed by atoms with Gasteiger partial charge in [-0.2, -0.15) is 8.42 Å². The van der Waals surface area contributed by atoms with Crippen molar-refractivity contribution in [2.24, 2.45) is 0 Å². The molecule has 0 saturated carbocycles. The second kappa shape index (κ2) is 12.2. The summed E-state index contributed by atoms with van der Waals surface area (Å²) in [6.45, 7) is 2.14. The first-order valence-corrected chi connectivity index (χ1v) is 10.4. The molecule has 2 aromatic carbocycles. The van der Waals surface area contributed by atoms with Gasteiger partial charge in [-0.1, -0.05) is 57.2 Å². The number of unbranched alkanes of at least 4 members (excludes halogenated alkanes) is 5. The van der Waals surface area contributed by atoms with Gasteiger partial charge in [0.15, 0.2) is 0 Å². The number of para-hydroxylation sites is 1. The molecule has 0 radical (unpaired) electrons. The van der Waals surface area contributed by atoms with E-state index in [4.69, 9.17) is 4.74 Å². The Hall–Kier alpha value is -0.414. The third kappa shape index (κ3) is 8.23. The van der Waals surface area contributed by atoms with Gasteiger partial charge in [-0.15, -0.1) is 5.75 Å². The summed E-state index contributed by atoms with van der Waals surface area (Å²) < 4.78 is 38.6. The van der Waals surface area contributed by atoms with Crippen LogP contribution in [0.5, 0.6) is 17.2 Å². The molecule has 0 atom stereocenters. The van der Waals surface area contributed by atoms with Crippen LogP contribution in [0.1, 0.15) is 51.0 Å². The van der Waals surface area contributed by atoms with Gasteiger partial charge in [0.2, 0.25) is 0 Å². The van der Waals surface area contributed by atoms with Gasteiger partial charge in [0, 0.05) is 6.07 Å². The fourth-order valence-corrected chi connectivity index (χ4v) is 3.62. The Labute approximate surface area is 204 Å². The van der Waals surface area contributed by atoms with Crippen molar-refractivity contribution in [3.05, 3.63) is 48.0 Å². The van der Waals surface area contributed by atoms with Crippen LogP contribution in [-0.4, -0.2) is 13.0 Å². The number of rotatable bonds is 10. The van der Waals surface area contributed by atoms with Crippen molar-refractivity contribution >= 4 is 10.1 Å². The van der Waals surface area contributed by atoms with E-state index in [1.165, 1.54) is 18.6 Å². The topological polar surface area (TPSA) is 86.7 Å². The Morgan fingerprint density at radius 3 is 2.22 bits per heavy atom. The van der Waals surface area contributed by atoms with Crippen molar-refractivity contribution in [1.29, 1.82) is 0 Å². The molecule has 0 aliphatic carbocycles.